The Labute approximate surface area is 132 Å². The minimum absolute atomic E-state index is 0.746. The largest absolute Gasteiger partial charge is 0.263 e. The standard InChI is InChI=1S/C14H8BrN5S/c15-11-6-10(7-16-8-11)13-19-20-12(17-18-14(20)21-13)9-4-2-1-3-5-9/h1-8H. The summed E-state index contributed by atoms with van der Waals surface area (Å²) in [6, 6.07) is 11.9. The molecule has 0 amide bonds. The molecule has 0 aliphatic rings. The fourth-order valence-electron chi connectivity index (χ4n) is 2.03. The Morgan fingerprint density at radius 2 is 1.86 bits per heavy atom. The lowest BCUT2D eigenvalue weighted by atomic mass is 10.2. The molecule has 0 saturated heterocycles. The van der Waals surface area contributed by atoms with Crippen LogP contribution in [0.1, 0.15) is 0 Å². The van der Waals surface area contributed by atoms with Crippen LogP contribution in [0, 0.1) is 0 Å². The number of fused-ring (bicyclic) bond motifs is 1. The van der Waals surface area contributed by atoms with Gasteiger partial charge in [0.25, 0.3) is 0 Å². The molecular weight excluding hydrogens is 350 g/mol. The van der Waals surface area contributed by atoms with Crippen LogP contribution in [0.25, 0.3) is 26.9 Å². The van der Waals surface area contributed by atoms with E-state index in [1.54, 1.807) is 16.9 Å². The molecule has 4 rings (SSSR count). The van der Waals surface area contributed by atoms with Gasteiger partial charge in [-0.25, -0.2) is 0 Å². The first-order chi connectivity index (χ1) is 10.3. The summed E-state index contributed by atoms with van der Waals surface area (Å²) >= 11 is 4.92. The highest BCUT2D eigenvalue weighted by molar-refractivity contribution is 9.10. The highest BCUT2D eigenvalue weighted by Gasteiger charge is 2.14. The van der Waals surface area contributed by atoms with Crippen molar-refractivity contribution in [2.75, 3.05) is 0 Å². The average Bonchev–Trinajstić information content (AvgIpc) is 3.08. The average molecular weight is 358 g/mol. The van der Waals surface area contributed by atoms with Crippen LogP contribution in [-0.2, 0) is 0 Å². The maximum absolute atomic E-state index is 4.61. The van der Waals surface area contributed by atoms with Crippen molar-refractivity contribution in [3.05, 3.63) is 53.3 Å². The molecule has 0 radical (unpaired) electrons. The van der Waals surface area contributed by atoms with Gasteiger partial charge in [0.1, 0.15) is 5.01 Å². The van der Waals surface area contributed by atoms with Crippen LogP contribution in [0.5, 0.6) is 0 Å². The van der Waals surface area contributed by atoms with Gasteiger partial charge in [0.05, 0.1) is 0 Å². The molecule has 0 N–H and O–H groups in total. The Bertz CT molecular complexity index is 915. The third kappa shape index (κ3) is 2.24. The molecule has 0 aliphatic heterocycles. The zero-order chi connectivity index (χ0) is 14.2. The maximum Gasteiger partial charge on any atom is 0.235 e. The zero-order valence-corrected chi connectivity index (χ0v) is 13.0. The minimum atomic E-state index is 0.746. The van der Waals surface area contributed by atoms with Gasteiger partial charge >= 0.3 is 0 Å². The van der Waals surface area contributed by atoms with E-state index in [1.807, 2.05) is 36.4 Å². The van der Waals surface area contributed by atoms with Crippen molar-refractivity contribution < 1.29 is 0 Å². The molecule has 3 aromatic heterocycles. The van der Waals surface area contributed by atoms with Crippen LogP contribution in [0.15, 0.2) is 53.3 Å². The summed E-state index contributed by atoms with van der Waals surface area (Å²) in [7, 11) is 0. The monoisotopic (exact) mass is 357 g/mol. The molecule has 5 nitrogen and oxygen atoms in total. The molecule has 0 unspecified atom stereocenters. The number of hydrogen-bond donors (Lipinski definition) is 0. The third-order valence-electron chi connectivity index (χ3n) is 2.97. The molecule has 7 heteroatoms. The van der Waals surface area contributed by atoms with Crippen LogP contribution in [-0.4, -0.2) is 24.8 Å². The molecule has 21 heavy (non-hydrogen) atoms. The number of rotatable bonds is 2. The summed E-state index contributed by atoms with van der Waals surface area (Å²) in [6.07, 6.45) is 3.54. The summed E-state index contributed by atoms with van der Waals surface area (Å²) < 4.78 is 2.70. The van der Waals surface area contributed by atoms with Gasteiger partial charge in [0, 0.05) is 28.0 Å². The first-order valence-corrected chi connectivity index (χ1v) is 7.81. The molecule has 3 heterocycles. The van der Waals surface area contributed by atoms with E-state index in [-0.39, 0.29) is 0 Å². The molecule has 1 aromatic carbocycles. The topological polar surface area (TPSA) is 56.0 Å². The van der Waals surface area contributed by atoms with Crippen molar-refractivity contribution in [3.8, 4) is 22.0 Å². The van der Waals surface area contributed by atoms with Crippen molar-refractivity contribution in [3.63, 3.8) is 0 Å². The van der Waals surface area contributed by atoms with E-state index in [2.05, 4.69) is 36.2 Å². The second-order valence-electron chi connectivity index (χ2n) is 4.38. The van der Waals surface area contributed by atoms with Gasteiger partial charge in [-0.2, -0.15) is 9.61 Å². The lowest BCUT2D eigenvalue weighted by Crippen LogP contribution is -1.90. The second-order valence-corrected chi connectivity index (χ2v) is 6.25. The summed E-state index contributed by atoms with van der Waals surface area (Å²) in [6.45, 7) is 0. The smallest absolute Gasteiger partial charge is 0.235 e. The number of nitrogens with zero attached hydrogens (tertiary/aromatic N) is 5. The van der Waals surface area contributed by atoms with E-state index in [0.29, 0.717) is 0 Å². The Morgan fingerprint density at radius 3 is 2.67 bits per heavy atom. The number of benzene rings is 1. The van der Waals surface area contributed by atoms with Crippen LogP contribution in [0.3, 0.4) is 0 Å². The SMILES string of the molecule is Brc1cncc(-c2nn3c(-c4ccccc4)nnc3s2)c1. The maximum atomic E-state index is 4.61. The van der Waals surface area contributed by atoms with Gasteiger partial charge in [-0.05, 0) is 22.0 Å². The molecule has 102 valence electrons. The van der Waals surface area contributed by atoms with E-state index >= 15 is 0 Å². The van der Waals surface area contributed by atoms with Gasteiger partial charge in [-0.15, -0.1) is 10.2 Å². The Balaban J connectivity index is 1.87. The van der Waals surface area contributed by atoms with Crippen molar-refractivity contribution in [1.82, 2.24) is 24.8 Å². The van der Waals surface area contributed by atoms with Gasteiger partial charge in [0.15, 0.2) is 5.82 Å². The van der Waals surface area contributed by atoms with E-state index in [4.69, 9.17) is 0 Å². The number of halogens is 1. The highest BCUT2D eigenvalue weighted by Crippen LogP contribution is 2.28. The first-order valence-electron chi connectivity index (χ1n) is 6.20. The first kappa shape index (κ1) is 12.6. The molecule has 0 saturated carbocycles. The number of hydrogen-bond acceptors (Lipinski definition) is 5. The normalized spacial score (nSPS) is 11.1. The Hall–Kier alpha value is -2.12. The third-order valence-corrected chi connectivity index (χ3v) is 4.36. The van der Waals surface area contributed by atoms with E-state index in [0.717, 1.165) is 31.4 Å². The van der Waals surface area contributed by atoms with Crippen LogP contribution in [0.2, 0.25) is 0 Å². The lowest BCUT2D eigenvalue weighted by Gasteiger charge is -1.96. The fourth-order valence-corrected chi connectivity index (χ4v) is 3.21. The lowest BCUT2D eigenvalue weighted by molar-refractivity contribution is 0.970. The van der Waals surface area contributed by atoms with Crippen molar-refractivity contribution in [2.24, 2.45) is 0 Å². The molecule has 0 bridgehead atoms. The summed E-state index contributed by atoms with van der Waals surface area (Å²) in [5, 5.41) is 13.9. The molecule has 0 atom stereocenters. The molecular formula is C14H8BrN5S. The quantitative estimate of drug-likeness (QED) is 0.549. The molecule has 0 fully saturated rings. The van der Waals surface area contributed by atoms with Gasteiger partial charge in [-0.3, -0.25) is 4.98 Å². The Morgan fingerprint density at radius 1 is 1.00 bits per heavy atom. The van der Waals surface area contributed by atoms with E-state index in [1.165, 1.54) is 11.3 Å². The fraction of sp³-hybridized carbons (Fsp3) is 0. The van der Waals surface area contributed by atoms with Crippen LogP contribution in [0.4, 0.5) is 0 Å². The van der Waals surface area contributed by atoms with Crippen LogP contribution < -0.4 is 0 Å². The van der Waals surface area contributed by atoms with Gasteiger partial charge in [0.2, 0.25) is 4.96 Å². The summed E-state index contributed by atoms with van der Waals surface area (Å²) in [4.78, 5) is 4.94. The molecule has 0 spiro atoms. The minimum Gasteiger partial charge on any atom is -0.263 e. The second kappa shape index (κ2) is 5.01. The number of aromatic nitrogens is 5. The summed E-state index contributed by atoms with van der Waals surface area (Å²) in [5.74, 6) is 0.746. The van der Waals surface area contributed by atoms with Gasteiger partial charge in [-0.1, -0.05) is 41.7 Å². The summed E-state index contributed by atoms with van der Waals surface area (Å²) in [5.41, 5.74) is 1.95. The molecule has 0 aliphatic carbocycles. The van der Waals surface area contributed by atoms with Crippen molar-refractivity contribution in [1.29, 1.82) is 0 Å². The predicted octanol–water partition coefficient (Wildman–Crippen LogP) is 3.68. The van der Waals surface area contributed by atoms with Gasteiger partial charge < -0.3 is 0 Å². The van der Waals surface area contributed by atoms with E-state index in [9.17, 15) is 0 Å². The molecule has 4 aromatic rings. The number of pyridine rings is 1. The Kier molecular flexibility index (Phi) is 3.01. The predicted molar refractivity (Wildman–Crippen MR) is 85.0 cm³/mol. The van der Waals surface area contributed by atoms with Crippen molar-refractivity contribution >= 4 is 32.2 Å². The highest BCUT2D eigenvalue weighted by atomic mass is 79.9. The zero-order valence-electron chi connectivity index (χ0n) is 10.6. The van der Waals surface area contributed by atoms with Crippen LogP contribution >= 0.6 is 27.3 Å². The van der Waals surface area contributed by atoms with E-state index < -0.39 is 0 Å². The van der Waals surface area contributed by atoms with Crippen molar-refractivity contribution in [2.45, 2.75) is 0 Å².